The summed E-state index contributed by atoms with van der Waals surface area (Å²) in [5.74, 6) is 1.10. The average Bonchev–Trinajstić information content (AvgIpc) is 3.04. The molecule has 1 aliphatic carbocycles. The highest BCUT2D eigenvalue weighted by molar-refractivity contribution is 6.14. The van der Waals surface area contributed by atoms with E-state index in [2.05, 4.69) is 21.0 Å². The maximum absolute atomic E-state index is 11.8. The minimum absolute atomic E-state index is 0.162. The molecule has 1 atom stereocenters. The molecule has 10 heteroatoms. The number of hydrogen-bond donors (Lipinski definition) is 4. The topological polar surface area (TPSA) is 124 Å². The minimum atomic E-state index is -0.543. The van der Waals surface area contributed by atoms with Crippen molar-refractivity contribution in [1.29, 1.82) is 0 Å². The SMILES string of the molecule is O=C1NC(=O)/C(=C/c2cnn3c(NC4CC4)cc(N4CC[C@H](O)C4)nc23)N1. The molecule has 0 radical (unpaired) electrons. The number of aliphatic hydroxyl groups excluding tert-OH is 1. The molecule has 5 rings (SSSR count). The van der Waals surface area contributed by atoms with Crippen LogP contribution < -0.4 is 20.9 Å². The first-order valence-corrected chi connectivity index (χ1v) is 8.99. The Morgan fingerprint density at radius 3 is 2.78 bits per heavy atom. The molecule has 4 N–H and O–H groups in total. The van der Waals surface area contributed by atoms with E-state index in [0.29, 0.717) is 30.2 Å². The van der Waals surface area contributed by atoms with Gasteiger partial charge in [-0.2, -0.15) is 9.61 Å². The zero-order valence-electron chi connectivity index (χ0n) is 14.5. The van der Waals surface area contributed by atoms with Crippen molar-refractivity contribution in [3.63, 3.8) is 0 Å². The van der Waals surface area contributed by atoms with Gasteiger partial charge in [-0.3, -0.25) is 10.1 Å². The summed E-state index contributed by atoms with van der Waals surface area (Å²) in [7, 11) is 0. The number of amides is 3. The molecule has 3 fully saturated rings. The predicted octanol–water partition coefficient (Wildman–Crippen LogP) is 0.0549. The standard InChI is InChI=1S/C17H19N7O3/c25-11-3-4-23(8-11)13-6-14(19-10-1-2-10)24-15(21-13)9(7-18-24)5-12-16(26)22-17(27)20-12/h5-7,10-11,19,25H,1-4,8H2,(H2,20,22,26,27)/b12-5-/t11-/m0/s1. The number of carbonyl (C=O) groups is 2. The van der Waals surface area contributed by atoms with Gasteiger partial charge in [0.2, 0.25) is 0 Å². The Balaban J connectivity index is 1.59. The Bertz CT molecular complexity index is 978. The lowest BCUT2D eigenvalue weighted by molar-refractivity contribution is -0.115. The molecule has 10 nitrogen and oxygen atoms in total. The van der Waals surface area contributed by atoms with Gasteiger partial charge in [0.05, 0.1) is 12.3 Å². The summed E-state index contributed by atoms with van der Waals surface area (Å²) >= 11 is 0. The van der Waals surface area contributed by atoms with Gasteiger partial charge < -0.3 is 20.6 Å². The van der Waals surface area contributed by atoms with Crippen LogP contribution in [0.5, 0.6) is 0 Å². The van der Waals surface area contributed by atoms with Gasteiger partial charge >= 0.3 is 6.03 Å². The highest BCUT2D eigenvalue weighted by Gasteiger charge is 2.27. The number of nitrogens with one attached hydrogen (secondary N) is 3. The van der Waals surface area contributed by atoms with Crippen molar-refractivity contribution in [3.8, 4) is 0 Å². The van der Waals surface area contributed by atoms with Crippen LogP contribution in [0.1, 0.15) is 24.8 Å². The van der Waals surface area contributed by atoms with Gasteiger partial charge in [-0.1, -0.05) is 0 Å². The maximum Gasteiger partial charge on any atom is 0.326 e. The molecule has 0 spiro atoms. The molecule has 2 aliphatic heterocycles. The largest absolute Gasteiger partial charge is 0.391 e. The first-order chi connectivity index (χ1) is 13.1. The first-order valence-electron chi connectivity index (χ1n) is 8.99. The summed E-state index contributed by atoms with van der Waals surface area (Å²) < 4.78 is 1.70. The minimum Gasteiger partial charge on any atom is -0.391 e. The summed E-state index contributed by atoms with van der Waals surface area (Å²) in [6.07, 6.45) is 5.78. The van der Waals surface area contributed by atoms with Crippen LogP contribution in [-0.2, 0) is 4.79 Å². The van der Waals surface area contributed by atoms with Gasteiger partial charge in [0.1, 0.15) is 17.3 Å². The Hall–Kier alpha value is -3.14. The average molecular weight is 369 g/mol. The Labute approximate surface area is 154 Å². The smallest absolute Gasteiger partial charge is 0.326 e. The number of imide groups is 1. The van der Waals surface area contributed by atoms with E-state index < -0.39 is 11.9 Å². The third-order valence-electron chi connectivity index (χ3n) is 4.92. The second-order valence-electron chi connectivity index (χ2n) is 7.11. The lowest BCUT2D eigenvalue weighted by atomic mass is 10.2. The quantitative estimate of drug-likeness (QED) is 0.444. The second kappa shape index (κ2) is 5.95. The number of aromatic nitrogens is 3. The van der Waals surface area contributed by atoms with Crippen LogP contribution >= 0.6 is 0 Å². The van der Waals surface area contributed by atoms with Crippen molar-refractivity contribution >= 4 is 35.3 Å². The van der Waals surface area contributed by atoms with E-state index in [1.165, 1.54) is 0 Å². The number of rotatable bonds is 4. The van der Waals surface area contributed by atoms with Gasteiger partial charge in [-0.05, 0) is 25.3 Å². The van der Waals surface area contributed by atoms with Gasteiger partial charge in [-0.15, -0.1) is 0 Å². The zero-order valence-corrected chi connectivity index (χ0v) is 14.5. The molecule has 140 valence electrons. The summed E-state index contributed by atoms with van der Waals surface area (Å²) in [6, 6.07) is 1.83. The molecular formula is C17H19N7O3. The second-order valence-corrected chi connectivity index (χ2v) is 7.11. The molecule has 3 amide bonds. The highest BCUT2D eigenvalue weighted by Crippen LogP contribution is 2.29. The molecule has 2 saturated heterocycles. The van der Waals surface area contributed by atoms with Crippen LogP contribution in [0.25, 0.3) is 11.7 Å². The van der Waals surface area contributed by atoms with Gasteiger partial charge in [-0.25, -0.2) is 9.78 Å². The fourth-order valence-electron chi connectivity index (χ4n) is 3.36. The van der Waals surface area contributed by atoms with E-state index in [1.807, 2.05) is 11.0 Å². The van der Waals surface area contributed by atoms with E-state index in [0.717, 1.165) is 31.0 Å². The molecule has 0 aromatic carbocycles. The number of nitrogens with zero attached hydrogens (tertiary/aromatic N) is 4. The molecule has 2 aromatic heterocycles. The van der Waals surface area contributed by atoms with Gasteiger partial charge in [0.25, 0.3) is 5.91 Å². The number of fused-ring (bicyclic) bond motifs is 1. The van der Waals surface area contributed by atoms with Gasteiger partial charge in [0.15, 0.2) is 5.65 Å². The monoisotopic (exact) mass is 369 g/mol. The third kappa shape index (κ3) is 2.97. The van der Waals surface area contributed by atoms with Crippen molar-refractivity contribution in [2.75, 3.05) is 23.3 Å². The van der Waals surface area contributed by atoms with Crippen LogP contribution in [0.3, 0.4) is 0 Å². The van der Waals surface area contributed by atoms with Crippen LogP contribution in [-0.4, -0.2) is 56.9 Å². The predicted molar refractivity (Wildman–Crippen MR) is 97.1 cm³/mol. The van der Waals surface area contributed by atoms with E-state index in [-0.39, 0.29) is 11.8 Å². The van der Waals surface area contributed by atoms with E-state index in [4.69, 9.17) is 4.98 Å². The molecule has 27 heavy (non-hydrogen) atoms. The number of aliphatic hydroxyl groups is 1. The van der Waals surface area contributed by atoms with Crippen LogP contribution in [0, 0.1) is 0 Å². The Morgan fingerprint density at radius 1 is 1.26 bits per heavy atom. The fourth-order valence-corrected chi connectivity index (χ4v) is 3.36. The van der Waals surface area contributed by atoms with Crippen molar-refractivity contribution < 1.29 is 14.7 Å². The maximum atomic E-state index is 11.8. The molecule has 0 bridgehead atoms. The lowest BCUT2D eigenvalue weighted by Crippen LogP contribution is -2.23. The van der Waals surface area contributed by atoms with Crippen LogP contribution in [0.4, 0.5) is 16.4 Å². The Kier molecular flexibility index (Phi) is 3.54. The van der Waals surface area contributed by atoms with Crippen LogP contribution in [0.15, 0.2) is 18.0 Å². The number of anilines is 2. The lowest BCUT2D eigenvalue weighted by Gasteiger charge is -2.18. The molecule has 0 unspecified atom stereocenters. The molecule has 1 saturated carbocycles. The van der Waals surface area contributed by atoms with E-state index >= 15 is 0 Å². The summed E-state index contributed by atoms with van der Waals surface area (Å²) in [5.41, 5.74) is 1.37. The summed E-state index contributed by atoms with van der Waals surface area (Å²) in [6.45, 7) is 1.27. The van der Waals surface area contributed by atoms with E-state index in [9.17, 15) is 14.7 Å². The van der Waals surface area contributed by atoms with Crippen molar-refractivity contribution in [1.82, 2.24) is 25.2 Å². The van der Waals surface area contributed by atoms with Crippen molar-refractivity contribution in [2.45, 2.75) is 31.4 Å². The van der Waals surface area contributed by atoms with Gasteiger partial charge in [0, 0.05) is 30.8 Å². The number of β-amino-alcohol motifs (C(OH)–C–C–N with tert-alkyl or cyclic N) is 1. The molecular weight excluding hydrogens is 350 g/mol. The van der Waals surface area contributed by atoms with Crippen LogP contribution in [0.2, 0.25) is 0 Å². The molecule has 3 aliphatic rings. The summed E-state index contributed by atoms with van der Waals surface area (Å²) in [4.78, 5) is 29.9. The third-order valence-corrected chi connectivity index (χ3v) is 4.92. The fraction of sp³-hybridized carbons (Fsp3) is 0.412. The first kappa shape index (κ1) is 16.1. The number of urea groups is 1. The Morgan fingerprint density at radius 2 is 2.11 bits per heavy atom. The van der Waals surface area contributed by atoms with Crippen molar-refractivity contribution in [2.24, 2.45) is 0 Å². The molecule has 4 heterocycles. The highest BCUT2D eigenvalue weighted by atomic mass is 16.3. The summed E-state index contributed by atoms with van der Waals surface area (Å²) in [5, 5.41) is 22.4. The molecule has 2 aromatic rings. The zero-order chi connectivity index (χ0) is 18.5. The number of carbonyl (C=O) groups excluding carboxylic acids is 2. The van der Waals surface area contributed by atoms with Crippen molar-refractivity contribution in [3.05, 3.63) is 23.5 Å². The number of hydrogen-bond acceptors (Lipinski definition) is 7. The normalized spacial score (nSPS) is 24.0. The van der Waals surface area contributed by atoms with E-state index in [1.54, 1.807) is 16.8 Å².